The second-order valence-electron chi connectivity index (χ2n) is 6.28. The normalized spacial score (nSPS) is 13.1. The molecule has 6 heteroatoms. The molecule has 1 amide bonds. The van der Waals surface area contributed by atoms with Gasteiger partial charge in [0.15, 0.2) is 6.61 Å². The highest BCUT2D eigenvalue weighted by Crippen LogP contribution is 2.29. The van der Waals surface area contributed by atoms with Gasteiger partial charge in [0.05, 0.1) is 6.07 Å². The maximum absolute atomic E-state index is 12.2. The SMILES string of the molecule is CC(C)[C@@](C)(C#N)NC(=O)COC(=O)c1ccc2ccccc2c1O. The first-order valence-corrected chi connectivity index (χ1v) is 7.88. The first-order chi connectivity index (χ1) is 11.8. The topological polar surface area (TPSA) is 99.4 Å². The van der Waals surface area contributed by atoms with E-state index in [0.717, 1.165) is 5.39 Å². The molecule has 1 atom stereocenters. The molecule has 0 fully saturated rings. The maximum Gasteiger partial charge on any atom is 0.342 e. The number of esters is 1. The van der Waals surface area contributed by atoms with Crippen molar-refractivity contribution in [2.45, 2.75) is 26.3 Å². The summed E-state index contributed by atoms with van der Waals surface area (Å²) in [6.07, 6.45) is 0. The third-order valence-corrected chi connectivity index (χ3v) is 4.24. The summed E-state index contributed by atoms with van der Waals surface area (Å²) in [5.41, 5.74) is -1.06. The van der Waals surface area contributed by atoms with Gasteiger partial charge in [-0.1, -0.05) is 44.2 Å². The molecule has 2 N–H and O–H groups in total. The second kappa shape index (κ2) is 7.22. The van der Waals surface area contributed by atoms with Crippen LogP contribution in [0.5, 0.6) is 5.75 Å². The number of aromatic hydroxyl groups is 1. The largest absolute Gasteiger partial charge is 0.506 e. The number of ether oxygens (including phenoxy) is 1. The van der Waals surface area contributed by atoms with Crippen LogP contribution in [-0.4, -0.2) is 29.1 Å². The molecule has 0 spiro atoms. The van der Waals surface area contributed by atoms with Gasteiger partial charge in [0.2, 0.25) is 0 Å². The van der Waals surface area contributed by atoms with Crippen LogP contribution in [0, 0.1) is 17.2 Å². The van der Waals surface area contributed by atoms with Crippen molar-refractivity contribution in [1.29, 1.82) is 5.26 Å². The van der Waals surface area contributed by atoms with Gasteiger partial charge >= 0.3 is 5.97 Å². The van der Waals surface area contributed by atoms with E-state index in [2.05, 4.69) is 5.32 Å². The minimum atomic E-state index is -1.05. The van der Waals surface area contributed by atoms with Gasteiger partial charge in [-0.05, 0) is 24.3 Å². The van der Waals surface area contributed by atoms with E-state index in [1.807, 2.05) is 32.0 Å². The van der Waals surface area contributed by atoms with E-state index in [-0.39, 0.29) is 17.2 Å². The number of carbonyl (C=O) groups is 2. The lowest BCUT2D eigenvalue weighted by atomic mass is 9.90. The van der Waals surface area contributed by atoms with E-state index in [0.29, 0.717) is 5.39 Å². The molecule has 0 saturated heterocycles. The van der Waals surface area contributed by atoms with Crippen LogP contribution in [0.25, 0.3) is 10.8 Å². The van der Waals surface area contributed by atoms with Crippen molar-refractivity contribution in [2.75, 3.05) is 6.61 Å². The van der Waals surface area contributed by atoms with Crippen molar-refractivity contribution in [3.63, 3.8) is 0 Å². The van der Waals surface area contributed by atoms with Crippen LogP contribution < -0.4 is 5.32 Å². The summed E-state index contributed by atoms with van der Waals surface area (Å²) in [6, 6.07) is 12.3. The van der Waals surface area contributed by atoms with Crippen molar-refractivity contribution in [2.24, 2.45) is 5.92 Å². The summed E-state index contributed by atoms with van der Waals surface area (Å²) in [4.78, 5) is 24.1. The molecule has 0 heterocycles. The molecule has 130 valence electrons. The molecular weight excluding hydrogens is 320 g/mol. The number of carbonyl (C=O) groups excluding carboxylic acids is 2. The molecule has 0 radical (unpaired) electrons. The number of phenols is 1. The fourth-order valence-corrected chi connectivity index (χ4v) is 2.26. The highest BCUT2D eigenvalue weighted by molar-refractivity contribution is 6.01. The Morgan fingerprint density at radius 1 is 1.28 bits per heavy atom. The Morgan fingerprint density at radius 2 is 1.96 bits per heavy atom. The molecule has 0 aliphatic rings. The minimum absolute atomic E-state index is 0.0154. The molecule has 0 bridgehead atoms. The van der Waals surface area contributed by atoms with Crippen LogP contribution in [0.15, 0.2) is 36.4 Å². The van der Waals surface area contributed by atoms with Crippen molar-refractivity contribution >= 4 is 22.6 Å². The molecule has 2 aromatic carbocycles. The molecule has 0 aromatic heterocycles. The fourth-order valence-electron chi connectivity index (χ4n) is 2.26. The van der Waals surface area contributed by atoms with Gasteiger partial charge in [0, 0.05) is 5.39 Å². The number of nitrogens with one attached hydrogen (secondary N) is 1. The second-order valence-corrected chi connectivity index (χ2v) is 6.28. The van der Waals surface area contributed by atoms with Crippen LogP contribution >= 0.6 is 0 Å². The Hall–Kier alpha value is -3.07. The number of rotatable bonds is 5. The van der Waals surface area contributed by atoms with Crippen molar-refractivity contribution < 1.29 is 19.4 Å². The Kier molecular flexibility index (Phi) is 5.28. The van der Waals surface area contributed by atoms with E-state index in [1.54, 1.807) is 25.1 Å². The highest BCUT2D eigenvalue weighted by Gasteiger charge is 2.30. The van der Waals surface area contributed by atoms with Crippen molar-refractivity contribution in [3.8, 4) is 11.8 Å². The smallest absolute Gasteiger partial charge is 0.342 e. The number of phenolic OH excluding ortho intramolecular Hbond substituents is 1. The summed E-state index contributed by atoms with van der Waals surface area (Å²) in [7, 11) is 0. The lowest BCUT2D eigenvalue weighted by molar-refractivity contribution is -0.125. The molecule has 6 nitrogen and oxygen atoms in total. The van der Waals surface area contributed by atoms with Crippen molar-refractivity contribution in [3.05, 3.63) is 42.0 Å². The molecule has 0 aliphatic heterocycles. The van der Waals surface area contributed by atoms with Crippen LogP contribution in [-0.2, 0) is 9.53 Å². The molecule has 25 heavy (non-hydrogen) atoms. The van der Waals surface area contributed by atoms with E-state index >= 15 is 0 Å². The molecule has 0 unspecified atom stereocenters. The number of hydrogen-bond donors (Lipinski definition) is 2. The fraction of sp³-hybridized carbons (Fsp3) is 0.316. The zero-order valence-electron chi connectivity index (χ0n) is 14.4. The Bertz CT molecular complexity index is 854. The molecule has 0 aliphatic carbocycles. The zero-order chi connectivity index (χ0) is 18.6. The average Bonchev–Trinajstić information content (AvgIpc) is 2.60. The average molecular weight is 340 g/mol. The van der Waals surface area contributed by atoms with Gasteiger partial charge in [0.1, 0.15) is 16.9 Å². The Labute approximate surface area is 146 Å². The lowest BCUT2D eigenvalue weighted by Gasteiger charge is -2.27. The zero-order valence-corrected chi connectivity index (χ0v) is 14.4. The van der Waals surface area contributed by atoms with Gasteiger partial charge in [0.25, 0.3) is 5.91 Å². The van der Waals surface area contributed by atoms with E-state index < -0.39 is 24.0 Å². The standard InChI is InChI=1S/C19H20N2O4/c1-12(2)19(3,11-20)21-16(22)10-25-18(24)15-9-8-13-6-4-5-7-14(13)17(15)23/h4-9,12,23H,10H2,1-3H3,(H,21,22)/t19-/m1/s1. The molecule has 0 saturated carbocycles. The third-order valence-electron chi connectivity index (χ3n) is 4.24. The van der Waals surface area contributed by atoms with Gasteiger partial charge < -0.3 is 15.2 Å². The molecular formula is C19H20N2O4. The number of nitriles is 1. The predicted molar refractivity (Wildman–Crippen MR) is 92.9 cm³/mol. The first kappa shape index (κ1) is 18.3. The van der Waals surface area contributed by atoms with E-state index in [9.17, 15) is 20.0 Å². The summed E-state index contributed by atoms with van der Waals surface area (Å²) < 4.78 is 4.97. The van der Waals surface area contributed by atoms with Gasteiger partial charge in [-0.15, -0.1) is 0 Å². The van der Waals surface area contributed by atoms with Gasteiger partial charge in [-0.3, -0.25) is 4.79 Å². The Balaban J connectivity index is 2.07. The van der Waals surface area contributed by atoms with Crippen LogP contribution in [0.4, 0.5) is 0 Å². The predicted octanol–water partition coefficient (Wildman–Crippen LogP) is 2.76. The van der Waals surface area contributed by atoms with Gasteiger partial charge in [-0.2, -0.15) is 5.26 Å². The summed E-state index contributed by atoms with van der Waals surface area (Å²) in [5, 5.41) is 23.3. The summed E-state index contributed by atoms with van der Waals surface area (Å²) >= 11 is 0. The molecule has 2 rings (SSSR count). The van der Waals surface area contributed by atoms with E-state index in [1.165, 1.54) is 6.07 Å². The quantitative estimate of drug-likeness (QED) is 0.815. The number of benzene rings is 2. The maximum atomic E-state index is 12.2. The third kappa shape index (κ3) is 3.89. The number of amides is 1. The lowest BCUT2D eigenvalue weighted by Crippen LogP contribution is -2.50. The minimum Gasteiger partial charge on any atom is -0.506 e. The van der Waals surface area contributed by atoms with Crippen LogP contribution in [0.3, 0.4) is 0 Å². The molecule has 2 aromatic rings. The van der Waals surface area contributed by atoms with Gasteiger partial charge in [-0.25, -0.2) is 4.79 Å². The van der Waals surface area contributed by atoms with Crippen LogP contribution in [0.1, 0.15) is 31.1 Å². The summed E-state index contributed by atoms with van der Waals surface area (Å²) in [5.74, 6) is -1.68. The number of hydrogen-bond acceptors (Lipinski definition) is 5. The monoisotopic (exact) mass is 340 g/mol. The van der Waals surface area contributed by atoms with Crippen LogP contribution in [0.2, 0.25) is 0 Å². The number of nitrogens with zero attached hydrogens (tertiary/aromatic N) is 1. The first-order valence-electron chi connectivity index (χ1n) is 7.88. The van der Waals surface area contributed by atoms with E-state index in [4.69, 9.17) is 4.74 Å². The highest BCUT2D eigenvalue weighted by atomic mass is 16.5. The summed E-state index contributed by atoms with van der Waals surface area (Å²) in [6.45, 7) is 4.69. The Morgan fingerprint density at radius 3 is 2.60 bits per heavy atom. The van der Waals surface area contributed by atoms with Crippen molar-refractivity contribution in [1.82, 2.24) is 5.32 Å². The number of fused-ring (bicyclic) bond motifs is 1.